The summed E-state index contributed by atoms with van der Waals surface area (Å²) in [5.41, 5.74) is 6.87. The van der Waals surface area contributed by atoms with Crippen molar-refractivity contribution in [3.63, 3.8) is 0 Å². The van der Waals surface area contributed by atoms with Gasteiger partial charge in [0.25, 0.3) is 0 Å². The fraction of sp³-hybridized carbons (Fsp3) is 0.130. The van der Waals surface area contributed by atoms with Gasteiger partial charge in [0.1, 0.15) is 25.3 Å². The van der Waals surface area contributed by atoms with E-state index < -0.39 is 23.0 Å². The average molecular weight is 926 g/mol. The first-order valence-corrected chi connectivity index (χ1v) is 23.9. The molecule has 54 heavy (non-hydrogen) atoms. The molecule has 5 aromatic carbocycles. The molecule has 273 valence electrons. The average Bonchev–Trinajstić information content (AvgIpc) is 3.57. The smallest absolute Gasteiger partial charge is 0.139 e. The van der Waals surface area contributed by atoms with Crippen LogP contribution in [0.4, 0.5) is 8.78 Å². The van der Waals surface area contributed by atoms with Gasteiger partial charge < -0.3 is 14.4 Å². The monoisotopic (exact) mass is 926 g/mol. The van der Waals surface area contributed by atoms with E-state index in [-0.39, 0.29) is 31.7 Å². The molecule has 1 radical (unpaired) electrons. The number of rotatable bonds is 6. The molecule has 0 aliphatic heterocycles. The maximum atomic E-state index is 15.1. The SMILES string of the molecule is C[Si](C)(c1ccc(F)cc1)c1cc(-c2[c-]ccc3c2oc2cc(-c4ccccc4)ccc23)ncc1F.[2H]C([2H])([2H])c1c[c-]c(-c2ccc([Si](C)(C)C)cn2)cc1.[Ir]. The van der Waals surface area contributed by atoms with Gasteiger partial charge in [-0.1, -0.05) is 129 Å². The Labute approximate surface area is 335 Å². The zero-order valence-electron chi connectivity index (χ0n) is 33.6. The molecule has 3 aromatic heterocycles. The van der Waals surface area contributed by atoms with Crippen molar-refractivity contribution >= 4 is 53.6 Å². The molecule has 3 nitrogen and oxygen atoms in total. The van der Waals surface area contributed by atoms with Gasteiger partial charge in [0.05, 0.1) is 19.9 Å². The van der Waals surface area contributed by atoms with E-state index in [2.05, 4.69) is 85.2 Å². The summed E-state index contributed by atoms with van der Waals surface area (Å²) >= 11 is 0. The van der Waals surface area contributed by atoms with E-state index >= 15 is 4.39 Å². The summed E-state index contributed by atoms with van der Waals surface area (Å²) in [5, 5.41) is 4.82. The Kier molecular flexibility index (Phi) is 10.2. The van der Waals surface area contributed by atoms with E-state index in [0.717, 1.165) is 43.9 Å². The fourth-order valence-corrected chi connectivity index (χ4v) is 9.90. The van der Waals surface area contributed by atoms with Crippen LogP contribution in [0.5, 0.6) is 0 Å². The van der Waals surface area contributed by atoms with Gasteiger partial charge in [-0.2, -0.15) is 0 Å². The van der Waals surface area contributed by atoms with Crippen LogP contribution in [0.3, 0.4) is 0 Å². The first-order valence-electron chi connectivity index (χ1n) is 18.9. The van der Waals surface area contributed by atoms with Crippen LogP contribution in [0, 0.1) is 30.6 Å². The molecule has 8 rings (SSSR count). The molecule has 0 bridgehead atoms. The van der Waals surface area contributed by atoms with Crippen molar-refractivity contribution < 1.29 is 37.4 Å². The number of halogens is 2. The molecule has 0 atom stereocenters. The van der Waals surface area contributed by atoms with Gasteiger partial charge in [-0.05, 0) is 51.1 Å². The molecule has 8 heteroatoms. The summed E-state index contributed by atoms with van der Waals surface area (Å²) in [4.78, 5) is 8.88. The molecule has 0 aliphatic carbocycles. The van der Waals surface area contributed by atoms with E-state index in [4.69, 9.17) is 8.53 Å². The maximum Gasteiger partial charge on any atom is 0.139 e. The first kappa shape index (κ1) is 34.9. The van der Waals surface area contributed by atoms with E-state index in [9.17, 15) is 4.39 Å². The number of benzene rings is 5. The van der Waals surface area contributed by atoms with Gasteiger partial charge in [0.2, 0.25) is 0 Å². The number of fused-ring (bicyclic) bond motifs is 3. The number of pyridine rings is 2. The van der Waals surface area contributed by atoms with Crippen LogP contribution < -0.4 is 15.6 Å². The molecule has 0 aliphatic rings. The second kappa shape index (κ2) is 15.9. The molecule has 0 fully saturated rings. The molecule has 0 N–H and O–H groups in total. The zero-order valence-corrected chi connectivity index (χ0v) is 35.0. The Morgan fingerprint density at radius 2 is 1.43 bits per heavy atom. The Morgan fingerprint density at radius 3 is 2.09 bits per heavy atom. The number of aromatic nitrogens is 2. The van der Waals surface area contributed by atoms with Crippen molar-refractivity contribution in [2.45, 2.75) is 39.6 Å². The largest absolute Gasteiger partial charge is 0.501 e. The van der Waals surface area contributed by atoms with Crippen molar-refractivity contribution in [3.05, 3.63) is 163 Å². The number of aryl methyl sites for hydroxylation is 1. The van der Waals surface area contributed by atoms with Gasteiger partial charge in [-0.3, -0.25) is 0 Å². The van der Waals surface area contributed by atoms with Crippen molar-refractivity contribution in [3.8, 4) is 33.6 Å². The summed E-state index contributed by atoms with van der Waals surface area (Å²) < 4.78 is 57.0. The third-order valence-electron chi connectivity index (χ3n) is 9.61. The van der Waals surface area contributed by atoms with Crippen LogP contribution in [0.15, 0.2) is 138 Å². The van der Waals surface area contributed by atoms with Crippen molar-refractivity contribution in [2.75, 3.05) is 0 Å². The summed E-state index contributed by atoms with van der Waals surface area (Å²) in [6, 6.07) is 43.6. The minimum atomic E-state index is -2.46. The van der Waals surface area contributed by atoms with Gasteiger partial charge >= 0.3 is 0 Å². The molecule has 0 amide bonds. The van der Waals surface area contributed by atoms with E-state index in [0.29, 0.717) is 27.6 Å². The maximum absolute atomic E-state index is 15.1. The molecular weight excluding hydrogens is 883 g/mol. The van der Waals surface area contributed by atoms with Crippen LogP contribution >= 0.6 is 0 Å². The first-order chi connectivity index (χ1) is 26.6. The van der Waals surface area contributed by atoms with Crippen LogP contribution in [0.1, 0.15) is 9.68 Å². The van der Waals surface area contributed by atoms with Gasteiger partial charge in [-0.25, -0.2) is 8.78 Å². The standard InChI is InChI=1S/C31H22F2NOSi.C15H18NSi.Ir/c1-36(2,23-14-12-22(32)13-15-23)30-18-28(34-19-27(30)33)26-10-6-9-25-24-16-11-21(17-29(24)35-31(25)26)20-7-4-3-5-8-20;1-12-5-7-13(8-6-12)15-10-9-14(11-16-15)17(2,3)4;/h3-9,11-19H,1-2H3;5-7,9-11H,1-4H3;/q2*-1;/i;1D3;. The van der Waals surface area contributed by atoms with Crippen LogP contribution in [0.2, 0.25) is 32.7 Å². The molecular formula is C46H40F2IrN2OSi2-2. The minimum Gasteiger partial charge on any atom is -0.501 e. The van der Waals surface area contributed by atoms with E-state index in [1.165, 1.54) is 29.6 Å². The Hall–Kier alpha value is -4.86. The van der Waals surface area contributed by atoms with E-state index in [1.807, 2.05) is 48.7 Å². The Bertz CT molecular complexity index is 2590. The Balaban J connectivity index is 0.000000223. The predicted molar refractivity (Wildman–Crippen MR) is 221 cm³/mol. The van der Waals surface area contributed by atoms with Crippen molar-refractivity contribution in [1.82, 2.24) is 9.97 Å². The van der Waals surface area contributed by atoms with Crippen LogP contribution in [-0.2, 0) is 20.1 Å². The molecule has 0 unspecified atom stereocenters. The third kappa shape index (κ3) is 8.13. The topological polar surface area (TPSA) is 38.9 Å². The number of furan rings is 1. The second-order valence-corrected chi connectivity index (χ2v) is 24.1. The van der Waals surface area contributed by atoms with Crippen LogP contribution in [0.25, 0.3) is 55.6 Å². The van der Waals surface area contributed by atoms with Gasteiger partial charge in [-0.15, -0.1) is 53.6 Å². The molecule has 0 saturated heterocycles. The summed E-state index contributed by atoms with van der Waals surface area (Å²) in [6.45, 7) is 8.87. The van der Waals surface area contributed by atoms with Crippen LogP contribution in [-0.4, -0.2) is 26.1 Å². The summed E-state index contributed by atoms with van der Waals surface area (Å²) in [7, 11) is -3.80. The second-order valence-electron chi connectivity index (χ2n) is 14.6. The normalized spacial score (nSPS) is 12.6. The van der Waals surface area contributed by atoms with Gasteiger partial charge in [0.15, 0.2) is 0 Å². The zero-order chi connectivity index (χ0) is 39.8. The minimum absolute atomic E-state index is 0. The Morgan fingerprint density at radius 1 is 0.685 bits per heavy atom. The molecule has 0 saturated carbocycles. The predicted octanol–water partition coefficient (Wildman–Crippen LogP) is 10.6. The van der Waals surface area contributed by atoms with Gasteiger partial charge in [0, 0.05) is 35.8 Å². The fourth-order valence-electron chi connectivity index (χ4n) is 6.40. The van der Waals surface area contributed by atoms with E-state index in [1.54, 1.807) is 30.3 Å². The quantitative estimate of drug-likeness (QED) is 0.123. The van der Waals surface area contributed by atoms with Crippen molar-refractivity contribution in [2.24, 2.45) is 0 Å². The third-order valence-corrected chi connectivity index (χ3v) is 15.1. The number of hydrogen-bond acceptors (Lipinski definition) is 3. The van der Waals surface area contributed by atoms with Crippen molar-refractivity contribution in [1.29, 1.82) is 0 Å². The summed E-state index contributed by atoms with van der Waals surface area (Å²) in [5.74, 6) is -0.662. The number of nitrogens with zero attached hydrogens (tertiary/aromatic N) is 2. The number of hydrogen-bond donors (Lipinski definition) is 0. The molecule has 8 aromatic rings. The molecule has 0 spiro atoms. The molecule has 3 heterocycles. The summed E-state index contributed by atoms with van der Waals surface area (Å²) in [6.07, 6.45) is 3.19.